The van der Waals surface area contributed by atoms with Crippen molar-refractivity contribution in [3.8, 4) is 6.01 Å². The average Bonchev–Trinajstić information content (AvgIpc) is 3.07. The first-order valence-corrected chi connectivity index (χ1v) is 17.5. The highest BCUT2D eigenvalue weighted by Gasteiger charge is 2.36. The number of para-hydroxylation sites is 1. The predicted molar refractivity (Wildman–Crippen MR) is 177 cm³/mol. The minimum atomic E-state index is -5.00. The molecule has 2 atom stereocenters. The van der Waals surface area contributed by atoms with Crippen molar-refractivity contribution in [1.29, 1.82) is 0 Å². The lowest BCUT2D eigenvalue weighted by molar-refractivity contribution is 0.0980. The number of ether oxygens (including phenoxy) is 1. The molecule has 0 fully saturated rings. The van der Waals surface area contributed by atoms with E-state index in [0.717, 1.165) is 12.1 Å². The predicted octanol–water partition coefficient (Wildman–Crippen LogP) is 3.19. The lowest BCUT2D eigenvalue weighted by Gasteiger charge is -2.24. The van der Waals surface area contributed by atoms with E-state index in [1.54, 1.807) is 6.07 Å². The third-order valence-electron chi connectivity index (χ3n) is 7.28. The quantitative estimate of drug-likeness (QED) is 0.0767. The maximum absolute atomic E-state index is 13.6. The van der Waals surface area contributed by atoms with Gasteiger partial charge in [0, 0.05) is 21.7 Å². The molecule has 0 spiro atoms. The molecule has 6 N–H and O–H groups in total. The number of ketones is 2. The van der Waals surface area contributed by atoms with Gasteiger partial charge in [-0.05, 0) is 58.6 Å². The van der Waals surface area contributed by atoms with E-state index in [0.29, 0.717) is 0 Å². The van der Waals surface area contributed by atoms with Gasteiger partial charge in [0.25, 0.3) is 10.1 Å². The Balaban J connectivity index is 1.38. The Morgan fingerprint density at radius 2 is 1.30 bits per heavy atom. The van der Waals surface area contributed by atoms with Gasteiger partial charge in [-0.1, -0.05) is 36.4 Å². The average molecular weight is 736 g/mol. The molecule has 1 aromatic heterocycles. The van der Waals surface area contributed by atoms with Gasteiger partial charge in [-0.25, -0.2) is 0 Å². The monoisotopic (exact) mass is 735 g/mol. The van der Waals surface area contributed by atoms with Gasteiger partial charge in [0.2, 0.25) is 11.9 Å². The molecule has 50 heavy (non-hydrogen) atoms. The minimum Gasteiger partial charge on any atom is -0.768 e. The number of nitrogens with two attached hydrogens (primary N) is 1. The third-order valence-corrected chi connectivity index (χ3v) is 9.58. The van der Waals surface area contributed by atoms with E-state index in [1.165, 1.54) is 61.7 Å². The summed E-state index contributed by atoms with van der Waals surface area (Å²) in [5.41, 5.74) is 4.51. The number of anilines is 7. The van der Waals surface area contributed by atoms with Crippen molar-refractivity contribution in [3.05, 3.63) is 95.1 Å². The highest BCUT2D eigenvalue weighted by Crippen LogP contribution is 2.40. The first kappa shape index (κ1) is 34.2. The van der Waals surface area contributed by atoms with Gasteiger partial charge >= 0.3 is 6.01 Å². The second kappa shape index (κ2) is 13.3. The van der Waals surface area contributed by atoms with Crippen molar-refractivity contribution < 1.29 is 44.8 Å². The molecule has 1 aliphatic carbocycles. The van der Waals surface area contributed by atoms with Crippen LogP contribution in [0.15, 0.2) is 87.5 Å². The molecule has 5 aromatic rings. The molecule has 6 rings (SSSR count). The molecule has 1 heterocycles. The maximum atomic E-state index is 13.6. The van der Waals surface area contributed by atoms with Crippen LogP contribution in [0.5, 0.6) is 6.01 Å². The third kappa shape index (κ3) is 6.53. The van der Waals surface area contributed by atoms with Gasteiger partial charge in [-0.15, -0.1) is 0 Å². The van der Waals surface area contributed by atoms with E-state index in [4.69, 9.17) is 10.5 Å². The Bertz CT molecular complexity index is 2410. The fourth-order valence-electron chi connectivity index (χ4n) is 5.12. The fourth-order valence-corrected chi connectivity index (χ4v) is 6.78. The number of methoxy groups -OCH3 is 1. The van der Waals surface area contributed by atoms with Crippen molar-refractivity contribution >= 4 is 84.2 Å². The lowest BCUT2D eigenvalue weighted by atomic mass is 9.82. The molecule has 4 aromatic carbocycles. The van der Waals surface area contributed by atoms with Crippen LogP contribution in [0.3, 0.4) is 0 Å². The van der Waals surface area contributed by atoms with Crippen molar-refractivity contribution in [3.63, 3.8) is 0 Å². The molecule has 0 saturated heterocycles. The van der Waals surface area contributed by atoms with Gasteiger partial charge < -0.3 is 35.5 Å². The molecule has 0 saturated carbocycles. The van der Waals surface area contributed by atoms with E-state index in [-0.39, 0.29) is 67.1 Å². The Kier molecular flexibility index (Phi) is 9.14. The molecule has 17 nitrogen and oxygen atoms in total. The first-order valence-electron chi connectivity index (χ1n) is 13.9. The summed E-state index contributed by atoms with van der Waals surface area (Å²) in [4.78, 5) is 38.1. The molecule has 2 unspecified atom stereocenters. The topological polar surface area (TPSA) is 279 Å². The molecule has 256 valence electrons. The van der Waals surface area contributed by atoms with Crippen molar-refractivity contribution in [2.24, 2.45) is 0 Å². The Hall–Kier alpha value is -5.64. The molecule has 1 aliphatic rings. The number of nitrogens with one attached hydrogen (secondary N) is 3. The number of benzene rings is 4. The van der Waals surface area contributed by atoms with Gasteiger partial charge in [-0.2, -0.15) is 23.4 Å². The van der Waals surface area contributed by atoms with Crippen LogP contribution >= 0.6 is 0 Å². The summed E-state index contributed by atoms with van der Waals surface area (Å²) in [5.74, 6) is -1.78. The molecule has 0 bridgehead atoms. The SMILES string of the molecule is COc1nc(Nc2ccccc2S(=O)[O-])nc(Nc2ccc(Nc3cc(S(=O)(=O)O)c(N)c4c3C(=O)c3ccccc3C4=O)cc2S(=O)[O-])n1. The number of carbonyl (C=O) groups is 2. The second-order valence-electron chi connectivity index (χ2n) is 10.3. The summed E-state index contributed by atoms with van der Waals surface area (Å²) in [6.45, 7) is 0. The largest absolute Gasteiger partial charge is 0.768 e. The number of nitrogens with zero attached hydrogens (tertiary/aromatic N) is 3. The maximum Gasteiger partial charge on any atom is 0.322 e. The molecule has 0 aliphatic heterocycles. The van der Waals surface area contributed by atoms with Crippen LogP contribution < -0.4 is 26.4 Å². The highest BCUT2D eigenvalue weighted by molar-refractivity contribution is 7.86. The Morgan fingerprint density at radius 1 is 0.740 bits per heavy atom. The zero-order valence-corrected chi connectivity index (χ0v) is 27.6. The van der Waals surface area contributed by atoms with Gasteiger partial charge in [0.1, 0.15) is 4.90 Å². The van der Waals surface area contributed by atoms with E-state index in [2.05, 4.69) is 30.9 Å². The fraction of sp³-hybridized carbons (Fsp3) is 0.0333. The number of aromatic nitrogens is 3. The Morgan fingerprint density at radius 3 is 1.88 bits per heavy atom. The van der Waals surface area contributed by atoms with Gasteiger partial charge in [0.05, 0.1) is 45.9 Å². The van der Waals surface area contributed by atoms with Gasteiger partial charge in [-0.3, -0.25) is 22.6 Å². The normalized spacial score (nSPS) is 13.5. The van der Waals surface area contributed by atoms with Crippen molar-refractivity contribution in [1.82, 2.24) is 15.0 Å². The van der Waals surface area contributed by atoms with Crippen LogP contribution in [0.1, 0.15) is 31.8 Å². The van der Waals surface area contributed by atoms with Crippen LogP contribution in [-0.4, -0.2) is 64.1 Å². The second-order valence-corrected chi connectivity index (χ2v) is 13.5. The molecule has 0 radical (unpaired) electrons. The first-order chi connectivity index (χ1) is 23.8. The number of hydrogen-bond donors (Lipinski definition) is 5. The smallest absolute Gasteiger partial charge is 0.322 e. The molecular weight excluding hydrogens is 715 g/mol. The van der Waals surface area contributed by atoms with E-state index >= 15 is 0 Å². The van der Waals surface area contributed by atoms with Gasteiger partial charge in [0.15, 0.2) is 11.6 Å². The van der Waals surface area contributed by atoms with Crippen LogP contribution in [0.4, 0.5) is 40.3 Å². The summed E-state index contributed by atoms with van der Waals surface area (Å²) in [5, 5.41) is 8.28. The zero-order chi connectivity index (χ0) is 35.9. The minimum absolute atomic E-state index is 0.0138. The number of hydrogen-bond acceptors (Lipinski definition) is 16. The van der Waals surface area contributed by atoms with E-state index < -0.39 is 60.0 Å². The number of fused-ring (bicyclic) bond motifs is 2. The number of nitrogen functional groups attached to an aromatic ring is 1. The van der Waals surface area contributed by atoms with Crippen LogP contribution in [0.25, 0.3) is 0 Å². The number of carbonyl (C=O) groups excluding carboxylic acids is 2. The lowest BCUT2D eigenvalue weighted by Crippen LogP contribution is -2.25. The summed E-state index contributed by atoms with van der Waals surface area (Å²) >= 11 is -5.51. The van der Waals surface area contributed by atoms with E-state index in [9.17, 15) is 40.1 Å². The summed E-state index contributed by atoms with van der Waals surface area (Å²) in [6.07, 6.45) is 0. The standard InChI is InChI=1S/C30H23N7O10S3/c1-47-30-36-28(33-17-8-4-5-9-20(17)48(40)41)35-29(37-30)34-18-11-10-14(12-21(18)49(42)43)32-19-13-22(50(44,45)46)25(31)24-23(19)26(38)15-6-2-3-7-16(15)27(24)39/h2-13,32H,31H2,1H3,(H,40,41)(H,42,43)(H,44,45,46)(H2,33,34,35,36,37)/p-2. The van der Waals surface area contributed by atoms with Crippen LogP contribution in [0, 0.1) is 0 Å². The van der Waals surface area contributed by atoms with Crippen LogP contribution in [-0.2, 0) is 32.3 Å². The zero-order valence-electron chi connectivity index (χ0n) is 25.2. The number of rotatable bonds is 10. The van der Waals surface area contributed by atoms with Crippen LogP contribution in [0.2, 0.25) is 0 Å². The highest BCUT2D eigenvalue weighted by atomic mass is 32.2. The Labute approximate surface area is 287 Å². The molecule has 0 amide bonds. The summed E-state index contributed by atoms with van der Waals surface area (Å²) < 4.78 is 87.6. The summed E-state index contributed by atoms with van der Waals surface area (Å²) in [6, 6.07) is 16.2. The summed E-state index contributed by atoms with van der Waals surface area (Å²) in [7, 11) is -3.73. The van der Waals surface area contributed by atoms with Crippen molar-refractivity contribution in [2.75, 3.05) is 28.8 Å². The molecule has 20 heteroatoms. The molecular formula is C30H21N7O10S3-2. The van der Waals surface area contributed by atoms with Crippen molar-refractivity contribution in [2.45, 2.75) is 14.7 Å². The van der Waals surface area contributed by atoms with E-state index in [1.807, 2.05) is 0 Å².